The van der Waals surface area contributed by atoms with Gasteiger partial charge >= 0.3 is 0 Å². The van der Waals surface area contributed by atoms with Gasteiger partial charge in [-0.15, -0.1) is 0 Å². The number of ether oxygens (including phenoxy) is 2. The van der Waals surface area contributed by atoms with Crippen LogP contribution in [0, 0.1) is 0 Å². The van der Waals surface area contributed by atoms with E-state index in [4.69, 9.17) is 9.47 Å². The first-order chi connectivity index (χ1) is 3.39. The third-order valence-electron chi connectivity index (χ3n) is 0.983. The van der Waals surface area contributed by atoms with Gasteiger partial charge in [0.05, 0.1) is 25.9 Å². The van der Waals surface area contributed by atoms with Crippen molar-refractivity contribution >= 4 is 0 Å². The largest absolute Gasteiger partial charge is 0.376 e. The minimum atomic E-state index is 0. The Balaban J connectivity index is 0.000000490. The molecule has 1 aliphatic heterocycles. The Morgan fingerprint density at radius 2 is 2.12 bits per heavy atom. The first-order valence-electron chi connectivity index (χ1n) is 2.59. The Hall–Kier alpha value is 0.855. The van der Waals surface area contributed by atoms with Gasteiger partial charge in [-0.1, -0.05) is 0 Å². The van der Waals surface area contributed by atoms with Gasteiger partial charge < -0.3 is 9.47 Å². The fourth-order valence-electron chi connectivity index (χ4n) is 0.606. The molecule has 1 unspecified atom stereocenters. The fourth-order valence-corrected chi connectivity index (χ4v) is 0.606. The zero-order chi connectivity index (χ0) is 5.11. The molecule has 1 aliphatic rings. The molecule has 0 bridgehead atoms. The first-order valence-corrected chi connectivity index (χ1v) is 2.59. The normalized spacial score (nSPS) is 28.9. The van der Waals surface area contributed by atoms with Gasteiger partial charge in [0.2, 0.25) is 0 Å². The molecule has 0 spiro atoms. The van der Waals surface area contributed by atoms with Crippen molar-refractivity contribution < 1.29 is 37.1 Å². The summed E-state index contributed by atoms with van der Waals surface area (Å²) in [6, 6.07) is 0. The van der Waals surface area contributed by atoms with E-state index in [0.717, 1.165) is 19.8 Å². The maximum atomic E-state index is 5.15. The third-order valence-corrected chi connectivity index (χ3v) is 0.983. The van der Waals surface area contributed by atoms with Crippen LogP contribution < -0.4 is 0 Å². The molecular weight excluding hydrogens is 293 g/mol. The van der Waals surface area contributed by atoms with Gasteiger partial charge in [0.25, 0.3) is 0 Å². The van der Waals surface area contributed by atoms with E-state index in [2.05, 4.69) is 0 Å². The molecule has 1 heterocycles. The molecular formula is C5H10HgO2. The van der Waals surface area contributed by atoms with Gasteiger partial charge in [-0.3, -0.25) is 0 Å². The van der Waals surface area contributed by atoms with Gasteiger partial charge in [0.15, 0.2) is 0 Å². The average molecular weight is 303 g/mol. The van der Waals surface area contributed by atoms with Crippen LogP contribution in [0.2, 0.25) is 0 Å². The predicted molar refractivity (Wildman–Crippen MR) is 26.2 cm³/mol. The van der Waals surface area contributed by atoms with E-state index in [1.807, 2.05) is 6.92 Å². The molecule has 0 aromatic carbocycles. The second-order valence-corrected chi connectivity index (χ2v) is 1.76. The van der Waals surface area contributed by atoms with E-state index in [0.29, 0.717) is 6.10 Å². The molecule has 0 radical (unpaired) electrons. The van der Waals surface area contributed by atoms with Crippen LogP contribution in [0.25, 0.3) is 0 Å². The predicted octanol–water partition coefficient (Wildman–Crippen LogP) is 0.419. The van der Waals surface area contributed by atoms with Gasteiger partial charge in [0, 0.05) is 27.7 Å². The molecule has 1 rings (SSSR count). The van der Waals surface area contributed by atoms with E-state index >= 15 is 0 Å². The smallest absolute Gasteiger partial charge is 0.0781 e. The molecule has 0 saturated carbocycles. The molecule has 8 heavy (non-hydrogen) atoms. The molecule has 0 aromatic rings. The molecule has 44 valence electrons. The number of rotatable bonds is 0. The molecule has 2 nitrogen and oxygen atoms in total. The van der Waals surface area contributed by atoms with Crippen LogP contribution in [0.1, 0.15) is 6.92 Å². The molecule has 3 heteroatoms. The fraction of sp³-hybridized carbons (Fsp3) is 1.00. The molecule has 1 saturated heterocycles. The van der Waals surface area contributed by atoms with Crippen molar-refractivity contribution in [1.82, 2.24) is 0 Å². The second-order valence-electron chi connectivity index (χ2n) is 1.76. The summed E-state index contributed by atoms with van der Waals surface area (Å²) in [4.78, 5) is 0. The Labute approximate surface area is 70.1 Å². The van der Waals surface area contributed by atoms with Crippen molar-refractivity contribution in [2.24, 2.45) is 0 Å². The zero-order valence-corrected chi connectivity index (χ0v) is 10.7. The van der Waals surface area contributed by atoms with E-state index in [1.165, 1.54) is 0 Å². The van der Waals surface area contributed by atoms with Crippen LogP contribution in [-0.4, -0.2) is 25.9 Å². The number of hydrogen-bond acceptors (Lipinski definition) is 2. The SMILES string of the molecule is CC1COCCO1.[Hg]. The molecule has 1 fully saturated rings. The molecule has 0 N–H and O–H groups in total. The summed E-state index contributed by atoms with van der Waals surface area (Å²) in [7, 11) is 0. The van der Waals surface area contributed by atoms with Crippen molar-refractivity contribution in [2.45, 2.75) is 13.0 Å². The maximum Gasteiger partial charge on any atom is 0.0781 e. The van der Waals surface area contributed by atoms with E-state index in [1.54, 1.807) is 0 Å². The quantitative estimate of drug-likeness (QED) is 0.604. The van der Waals surface area contributed by atoms with Crippen LogP contribution >= 0.6 is 0 Å². The molecule has 0 aromatic heterocycles. The van der Waals surface area contributed by atoms with Crippen molar-refractivity contribution in [3.8, 4) is 0 Å². The molecule has 0 aliphatic carbocycles. The van der Waals surface area contributed by atoms with E-state index in [9.17, 15) is 0 Å². The minimum Gasteiger partial charge on any atom is -0.376 e. The van der Waals surface area contributed by atoms with E-state index < -0.39 is 0 Å². The minimum absolute atomic E-state index is 0. The Kier molecular flexibility index (Phi) is 5.21. The third kappa shape index (κ3) is 3.00. The topological polar surface area (TPSA) is 18.5 Å². The molecule has 1 atom stereocenters. The van der Waals surface area contributed by atoms with Crippen molar-refractivity contribution in [3.63, 3.8) is 0 Å². The summed E-state index contributed by atoms with van der Waals surface area (Å²) in [6.07, 6.45) is 0.314. The van der Waals surface area contributed by atoms with Crippen molar-refractivity contribution in [3.05, 3.63) is 0 Å². The monoisotopic (exact) mass is 304 g/mol. The summed E-state index contributed by atoms with van der Waals surface area (Å²) in [5.41, 5.74) is 0. The number of hydrogen-bond donors (Lipinski definition) is 0. The summed E-state index contributed by atoms with van der Waals surface area (Å²) in [5.74, 6) is 0. The van der Waals surface area contributed by atoms with E-state index in [-0.39, 0.29) is 27.7 Å². The molecule has 0 amide bonds. The van der Waals surface area contributed by atoms with Crippen LogP contribution in [0.5, 0.6) is 0 Å². The standard InChI is InChI=1S/C5H10O2.Hg/c1-5-4-6-2-3-7-5;/h5H,2-4H2,1H3;. The van der Waals surface area contributed by atoms with Gasteiger partial charge in [-0.2, -0.15) is 0 Å². The van der Waals surface area contributed by atoms with Crippen LogP contribution in [0.4, 0.5) is 0 Å². The summed E-state index contributed by atoms with van der Waals surface area (Å²) < 4.78 is 10.2. The van der Waals surface area contributed by atoms with Gasteiger partial charge in [0.1, 0.15) is 0 Å². The zero-order valence-electron chi connectivity index (χ0n) is 5.22. The summed E-state index contributed by atoms with van der Waals surface area (Å²) >= 11 is 0. The van der Waals surface area contributed by atoms with Crippen molar-refractivity contribution in [1.29, 1.82) is 0 Å². The van der Waals surface area contributed by atoms with Gasteiger partial charge in [-0.25, -0.2) is 0 Å². The Morgan fingerprint density at radius 1 is 1.38 bits per heavy atom. The van der Waals surface area contributed by atoms with Gasteiger partial charge in [-0.05, 0) is 6.92 Å². The average Bonchev–Trinajstić information content (AvgIpc) is 1.69. The Morgan fingerprint density at radius 3 is 2.38 bits per heavy atom. The van der Waals surface area contributed by atoms with Crippen LogP contribution in [-0.2, 0) is 37.1 Å². The maximum absolute atomic E-state index is 5.15. The second kappa shape index (κ2) is 4.71. The summed E-state index contributed by atoms with van der Waals surface area (Å²) in [5, 5.41) is 0. The van der Waals surface area contributed by atoms with Crippen LogP contribution in [0.15, 0.2) is 0 Å². The first kappa shape index (κ1) is 8.86. The van der Waals surface area contributed by atoms with Crippen LogP contribution in [0.3, 0.4) is 0 Å². The van der Waals surface area contributed by atoms with Crippen molar-refractivity contribution in [2.75, 3.05) is 19.8 Å². The Bertz CT molecular complexity index is 52.4. The summed E-state index contributed by atoms with van der Waals surface area (Å²) in [6.45, 7) is 4.31.